The molecule has 0 saturated carbocycles. The maximum absolute atomic E-state index is 13.3. The molecule has 35 heavy (non-hydrogen) atoms. The fraction of sp³-hybridized carbons (Fsp3) is 0.185. The van der Waals surface area contributed by atoms with E-state index < -0.39 is 23.8 Å². The van der Waals surface area contributed by atoms with E-state index in [2.05, 4.69) is 5.32 Å². The van der Waals surface area contributed by atoms with Gasteiger partial charge in [0.2, 0.25) is 5.91 Å². The normalized spacial score (nSPS) is 16.9. The molecule has 0 bridgehead atoms. The van der Waals surface area contributed by atoms with Crippen LogP contribution in [-0.4, -0.2) is 45.6 Å². The highest BCUT2D eigenvalue weighted by molar-refractivity contribution is 6.21. The number of phenols is 1. The fourth-order valence-electron chi connectivity index (χ4n) is 4.68. The van der Waals surface area contributed by atoms with Gasteiger partial charge in [-0.15, -0.1) is 0 Å². The van der Waals surface area contributed by atoms with Crippen molar-refractivity contribution in [2.45, 2.75) is 26.1 Å². The zero-order chi connectivity index (χ0) is 24.9. The average molecular weight is 469 g/mol. The zero-order valence-corrected chi connectivity index (χ0v) is 19.2. The summed E-state index contributed by atoms with van der Waals surface area (Å²) in [4.78, 5) is 54.3. The van der Waals surface area contributed by atoms with E-state index >= 15 is 0 Å². The van der Waals surface area contributed by atoms with Crippen molar-refractivity contribution in [3.63, 3.8) is 0 Å². The first-order valence-electron chi connectivity index (χ1n) is 11.2. The number of carbonyl (C=O) groups excluding carboxylic acids is 4. The number of likely N-dealkylation sites (N-methyl/N-ethyl adjacent to an activating group) is 1. The molecule has 0 spiro atoms. The lowest BCUT2D eigenvalue weighted by atomic mass is 9.94. The number of hydrogen-bond donors (Lipinski definition) is 2. The molecule has 3 aromatic carbocycles. The summed E-state index contributed by atoms with van der Waals surface area (Å²) in [6.07, 6.45) is 0. The van der Waals surface area contributed by atoms with Gasteiger partial charge in [-0.05, 0) is 47.4 Å². The molecule has 0 radical (unpaired) electrons. The minimum Gasteiger partial charge on any atom is -0.507 e. The number of nitrogens with one attached hydrogen (secondary N) is 1. The summed E-state index contributed by atoms with van der Waals surface area (Å²) >= 11 is 0. The third kappa shape index (κ3) is 3.73. The standard InChI is InChI=1S/C27H23N3O5/c1-15-11-16(13-30-25(33)19-9-5-6-10-20(19)26(30)34)12-21(23(15)31)24(32)28-22-18-8-4-3-7-17(18)14-29(2)27(22)35/h3-12,22,31H,13-14H2,1-2H3,(H,28,32). The van der Waals surface area contributed by atoms with Crippen LogP contribution in [0.4, 0.5) is 0 Å². The molecule has 0 saturated heterocycles. The maximum atomic E-state index is 13.3. The van der Waals surface area contributed by atoms with Crippen molar-refractivity contribution >= 4 is 23.6 Å². The Morgan fingerprint density at radius 3 is 2.31 bits per heavy atom. The summed E-state index contributed by atoms with van der Waals surface area (Å²) in [6.45, 7) is 2.02. The molecule has 2 aliphatic rings. The molecule has 3 aromatic rings. The van der Waals surface area contributed by atoms with Gasteiger partial charge < -0.3 is 15.3 Å². The summed E-state index contributed by atoms with van der Waals surface area (Å²) in [5.41, 5.74) is 3.20. The summed E-state index contributed by atoms with van der Waals surface area (Å²) in [5.74, 6) is -1.92. The topological polar surface area (TPSA) is 107 Å². The molecule has 5 rings (SSSR count). The van der Waals surface area contributed by atoms with Crippen LogP contribution in [0, 0.1) is 6.92 Å². The van der Waals surface area contributed by atoms with E-state index in [9.17, 15) is 24.3 Å². The van der Waals surface area contributed by atoms with Gasteiger partial charge in [0.15, 0.2) is 0 Å². The molecule has 176 valence electrons. The summed E-state index contributed by atoms with van der Waals surface area (Å²) in [6, 6.07) is 16.2. The Morgan fingerprint density at radius 2 is 1.63 bits per heavy atom. The molecule has 4 amide bonds. The summed E-state index contributed by atoms with van der Waals surface area (Å²) < 4.78 is 0. The number of benzene rings is 3. The Kier molecular flexibility index (Phi) is 5.36. The van der Waals surface area contributed by atoms with E-state index in [0.717, 1.165) is 10.5 Å². The van der Waals surface area contributed by atoms with Crippen molar-refractivity contribution in [2.75, 3.05) is 7.05 Å². The highest BCUT2D eigenvalue weighted by Crippen LogP contribution is 2.30. The van der Waals surface area contributed by atoms with Gasteiger partial charge in [0, 0.05) is 13.6 Å². The van der Waals surface area contributed by atoms with Crippen LogP contribution in [0.15, 0.2) is 60.7 Å². The van der Waals surface area contributed by atoms with Crippen LogP contribution < -0.4 is 5.32 Å². The Morgan fingerprint density at radius 1 is 1.00 bits per heavy atom. The van der Waals surface area contributed by atoms with E-state index in [0.29, 0.717) is 34.4 Å². The first-order valence-corrected chi connectivity index (χ1v) is 11.2. The first-order chi connectivity index (χ1) is 16.8. The second-order valence-corrected chi connectivity index (χ2v) is 8.85. The SMILES string of the molecule is Cc1cc(CN2C(=O)c3ccccc3C2=O)cc(C(=O)NC2C(=O)N(C)Cc3ccccc32)c1O. The van der Waals surface area contributed by atoms with Crippen LogP contribution in [0.25, 0.3) is 0 Å². The van der Waals surface area contributed by atoms with Gasteiger partial charge in [-0.3, -0.25) is 24.1 Å². The lowest BCUT2D eigenvalue weighted by Crippen LogP contribution is -2.44. The van der Waals surface area contributed by atoms with Gasteiger partial charge in [-0.25, -0.2) is 0 Å². The van der Waals surface area contributed by atoms with Gasteiger partial charge in [0.05, 0.1) is 23.2 Å². The third-order valence-corrected chi connectivity index (χ3v) is 6.50. The zero-order valence-electron chi connectivity index (χ0n) is 19.2. The number of nitrogens with zero attached hydrogens (tertiary/aromatic N) is 2. The fourth-order valence-corrected chi connectivity index (χ4v) is 4.68. The van der Waals surface area contributed by atoms with Gasteiger partial charge in [-0.2, -0.15) is 0 Å². The number of aromatic hydroxyl groups is 1. The Bertz CT molecular complexity index is 1380. The van der Waals surface area contributed by atoms with Crippen molar-refractivity contribution in [1.82, 2.24) is 15.1 Å². The van der Waals surface area contributed by atoms with E-state index in [1.54, 1.807) is 56.4 Å². The van der Waals surface area contributed by atoms with Crippen LogP contribution in [0.3, 0.4) is 0 Å². The third-order valence-electron chi connectivity index (χ3n) is 6.50. The molecule has 1 unspecified atom stereocenters. The highest BCUT2D eigenvalue weighted by atomic mass is 16.3. The Labute approximate surface area is 201 Å². The Balaban J connectivity index is 1.43. The van der Waals surface area contributed by atoms with Crippen LogP contribution >= 0.6 is 0 Å². The first kappa shape index (κ1) is 22.3. The minimum atomic E-state index is -0.892. The van der Waals surface area contributed by atoms with Crippen molar-refractivity contribution in [2.24, 2.45) is 0 Å². The van der Waals surface area contributed by atoms with Crippen LogP contribution in [0.5, 0.6) is 5.75 Å². The molecule has 2 heterocycles. The number of fused-ring (bicyclic) bond motifs is 2. The predicted molar refractivity (Wildman–Crippen MR) is 127 cm³/mol. The number of phenolic OH excluding ortho intramolecular Hbond substituents is 1. The Hall–Kier alpha value is -4.46. The molecule has 0 fully saturated rings. The highest BCUT2D eigenvalue weighted by Gasteiger charge is 2.36. The summed E-state index contributed by atoms with van der Waals surface area (Å²) in [7, 11) is 1.67. The van der Waals surface area contributed by atoms with Crippen molar-refractivity contribution in [3.05, 3.63) is 99.6 Å². The molecule has 0 aromatic heterocycles. The molecular formula is C27H23N3O5. The van der Waals surface area contributed by atoms with Crippen molar-refractivity contribution < 1.29 is 24.3 Å². The largest absolute Gasteiger partial charge is 0.507 e. The lowest BCUT2D eigenvalue weighted by Gasteiger charge is -2.32. The predicted octanol–water partition coefficient (Wildman–Crippen LogP) is 2.94. The van der Waals surface area contributed by atoms with Crippen molar-refractivity contribution in [1.29, 1.82) is 0 Å². The molecular weight excluding hydrogens is 446 g/mol. The number of imide groups is 1. The van der Waals surface area contributed by atoms with Gasteiger partial charge in [0.25, 0.3) is 17.7 Å². The molecule has 8 heteroatoms. The number of amides is 4. The van der Waals surface area contributed by atoms with Crippen LogP contribution in [-0.2, 0) is 17.9 Å². The van der Waals surface area contributed by atoms with E-state index in [4.69, 9.17) is 0 Å². The van der Waals surface area contributed by atoms with Gasteiger partial charge in [0.1, 0.15) is 11.8 Å². The van der Waals surface area contributed by atoms with E-state index in [1.165, 1.54) is 11.0 Å². The molecule has 1 atom stereocenters. The second kappa shape index (κ2) is 8.39. The van der Waals surface area contributed by atoms with E-state index in [1.807, 2.05) is 12.1 Å². The number of rotatable bonds is 4. The maximum Gasteiger partial charge on any atom is 0.261 e. The van der Waals surface area contributed by atoms with Crippen LogP contribution in [0.1, 0.15) is 59.4 Å². The lowest BCUT2D eigenvalue weighted by molar-refractivity contribution is -0.133. The van der Waals surface area contributed by atoms with E-state index in [-0.39, 0.29) is 23.8 Å². The average Bonchev–Trinajstić information content (AvgIpc) is 3.09. The van der Waals surface area contributed by atoms with Crippen molar-refractivity contribution in [3.8, 4) is 5.75 Å². The quantitative estimate of drug-likeness (QED) is 0.572. The monoisotopic (exact) mass is 469 g/mol. The number of carbonyl (C=O) groups is 4. The summed E-state index contributed by atoms with van der Waals surface area (Å²) in [5, 5.41) is 13.4. The van der Waals surface area contributed by atoms with Gasteiger partial charge in [-0.1, -0.05) is 42.5 Å². The molecule has 2 aliphatic heterocycles. The molecule has 8 nitrogen and oxygen atoms in total. The minimum absolute atomic E-state index is 0.0323. The smallest absolute Gasteiger partial charge is 0.261 e. The van der Waals surface area contributed by atoms with Crippen LogP contribution in [0.2, 0.25) is 0 Å². The molecule has 0 aliphatic carbocycles. The molecule has 2 N–H and O–H groups in total. The number of hydrogen-bond acceptors (Lipinski definition) is 5. The number of aryl methyl sites for hydroxylation is 1. The second-order valence-electron chi connectivity index (χ2n) is 8.85. The van der Waals surface area contributed by atoms with Gasteiger partial charge >= 0.3 is 0 Å².